The van der Waals surface area contributed by atoms with Gasteiger partial charge in [0.2, 0.25) is 0 Å². The van der Waals surface area contributed by atoms with Gasteiger partial charge in [0.25, 0.3) is 0 Å². The van der Waals surface area contributed by atoms with E-state index in [4.69, 9.17) is 4.43 Å². The Hall–Kier alpha value is -1.37. The van der Waals surface area contributed by atoms with Gasteiger partial charge in [-0.1, -0.05) is 64.2 Å². The van der Waals surface area contributed by atoms with Crippen molar-refractivity contribution in [3.8, 4) is 11.8 Å². The Balaban J connectivity index is 1.91. The van der Waals surface area contributed by atoms with E-state index in [-0.39, 0.29) is 22.3 Å². The summed E-state index contributed by atoms with van der Waals surface area (Å²) in [5.41, 5.74) is 2.11. The number of hydrogen-bond donors (Lipinski definition) is 0. The van der Waals surface area contributed by atoms with E-state index in [2.05, 4.69) is 77.6 Å². The van der Waals surface area contributed by atoms with Crippen LogP contribution in [0.1, 0.15) is 91.2 Å². The van der Waals surface area contributed by atoms with Crippen molar-refractivity contribution in [2.75, 3.05) is 0 Å². The monoisotopic (exact) mass is 424 g/mol. The molecule has 0 spiro atoms. The van der Waals surface area contributed by atoms with Gasteiger partial charge < -0.3 is 4.43 Å². The lowest BCUT2D eigenvalue weighted by Crippen LogP contribution is -2.47. The first-order chi connectivity index (χ1) is 14.0. The van der Waals surface area contributed by atoms with Crippen LogP contribution in [0.15, 0.2) is 24.3 Å². The van der Waals surface area contributed by atoms with E-state index in [0.29, 0.717) is 28.1 Å². The molecule has 0 bridgehead atoms. The number of hydrogen-bond acceptors (Lipinski definition) is 2. The summed E-state index contributed by atoms with van der Waals surface area (Å²) in [6, 6.07) is 8.54. The largest absolute Gasteiger partial charge is 0.422 e. The minimum absolute atomic E-state index is 0.128. The molecule has 4 atom stereocenters. The Morgan fingerprint density at radius 2 is 1.87 bits per heavy atom. The minimum Gasteiger partial charge on any atom is -0.422 e. The third kappa shape index (κ3) is 4.06. The summed E-state index contributed by atoms with van der Waals surface area (Å²) >= 11 is 0. The van der Waals surface area contributed by atoms with E-state index in [0.717, 1.165) is 31.2 Å². The molecule has 2 nitrogen and oxygen atoms in total. The summed E-state index contributed by atoms with van der Waals surface area (Å²) in [5, 5.41) is 0. The molecule has 2 saturated carbocycles. The van der Waals surface area contributed by atoms with Gasteiger partial charge in [-0.2, -0.15) is 0 Å². The molecule has 0 saturated heterocycles. The summed E-state index contributed by atoms with van der Waals surface area (Å²) in [4.78, 5) is 12.6. The highest BCUT2D eigenvalue weighted by Gasteiger charge is 2.49. The average molecular weight is 425 g/mol. The third-order valence-electron chi connectivity index (χ3n) is 8.83. The first kappa shape index (κ1) is 23.3. The smallest absolute Gasteiger partial charge is 0.146 e. The van der Waals surface area contributed by atoms with Gasteiger partial charge >= 0.3 is 0 Å². The molecule has 0 unspecified atom stereocenters. The van der Waals surface area contributed by atoms with Crippen LogP contribution in [-0.4, -0.2) is 21.9 Å². The second-order valence-electron chi connectivity index (χ2n) is 10.9. The van der Waals surface area contributed by atoms with Gasteiger partial charge in [-0.05, 0) is 62.5 Å². The van der Waals surface area contributed by atoms with Gasteiger partial charge in [0.15, 0.2) is 0 Å². The second kappa shape index (κ2) is 8.64. The first-order valence-corrected chi connectivity index (χ1v) is 12.5. The van der Waals surface area contributed by atoms with Crippen LogP contribution in [0.25, 0.3) is 0 Å². The van der Waals surface area contributed by atoms with Crippen molar-refractivity contribution in [2.45, 2.75) is 91.1 Å². The highest BCUT2D eigenvalue weighted by atomic mass is 28.2. The lowest BCUT2D eigenvalue weighted by atomic mass is 9.53. The van der Waals surface area contributed by atoms with Gasteiger partial charge in [0, 0.05) is 29.2 Å². The topological polar surface area (TPSA) is 26.3 Å². The Kier molecular flexibility index (Phi) is 6.70. The van der Waals surface area contributed by atoms with Crippen molar-refractivity contribution < 1.29 is 9.22 Å². The molecule has 3 heteroatoms. The molecule has 1 aromatic rings. The molecular formula is C27H40O2Si. The third-order valence-corrected chi connectivity index (χ3v) is 9.85. The molecule has 2 aliphatic rings. The van der Waals surface area contributed by atoms with Crippen LogP contribution in [0.2, 0.25) is 0 Å². The SMILES string of the molecule is C[C@H](C#Cc1ccccc1C(C)(C)C(C)(C)O[SiH3])[C@H]1CCC[C@H]2C(=O)CCC[C@]12C. The number of ketones is 1. The summed E-state index contributed by atoms with van der Waals surface area (Å²) in [7, 11) is 0.714. The molecule has 2 fully saturated rings. The van der Waals surface area contributed by atoms with Crippen LogP contribution in [0.3, 0.4) is 0 Å². The molecule has 0 radical (unpaired) electrons. The number of benzene rings is 1. The first-order valence-electron chi connectivity index (χ1n) is 11.7. The van der Waals surface area contributed by atoms with Gasteiger partial charge in [0.1, 0.15) is 16.3 Å². The number of carbonyl (C=O) groups excluding carboxylic acids is 1. The lowest BCUT2D eigenvalue weighted by molar-refractivity contribution is -0.136. The summed E-state index contributed by atoms with van der Waals surface area (Å²) in [6.45, 7) is 13.5. The zero-order valence-electron chi connectivity index (χ0n) is 20.1. The van der Waals surface area contributed by atoms with Crippen molar-refractivity contribution in [2.24, 2.45) is 23.2 Å². The van der Waals surface area contributed by atoms with Crippen LogP contribution in [-0.2, 0) is 14.6 Å². The molecule has 0 heterocycles. The summed E-state index contributed by atoms with van der Waals surface area (Å²) in [5.74, 6) is 8.75. The number of fused-ring (bicyclic) bond motifs is 1. The van der Waals surface area contributed by atoms with Crippen LogP contribution in [0.5, 0.6) is 0 Å². The predicted molar refractivity (Wildman–Crippen MR) is 128 cm³/mol. The second-order valence-corrected chi connectivity index (χ2v) is 11.3. The number of carbonyl (C=O) groups is 1. The lowest BCUT2D eigenvalue weighted by Gasteiger charge is -2.51. The van der Waals surface area contributed by atoms with E-state index in [1.807, 2.05) is 0 Å². The molecule has 164 valence electrons. The van der Waals surface area contributed by atoms with E-state index >= 15 is 0 Å². The van der Waals surface area contributed by atoms with E-state index in [9.17, 15) is 4.79 Å². The highest BCUT2D eigenvalue weighted by Crippen LogP contribution is 2.54. The molecular weight excluding hydrogens is 384 g/mol. The summed E-state index contributed by atoms with van der Waals surface area (Å²) < 4.78 is 5.97. The van der Waals surface area contributed by atoms with Crippen molar-refractivity contribution in [1.29, 1.82) is 0 Å². The Bertz CT molecular complexity index is 844. The van der Waals surface area contributed by atoms with Crippen molar-refractivity contribution >= 4 is 16.3 Å². The van der Waals surface area contributed by atoms with E-state index in [1.165, 1.54) is 18.4 Å². The van der Waals surface area contributed by atoms with Gasteiger partial charge in [0.05, 0.1) is 5.60 Å². The van der Waals surface area contributed by atoms with Crippen LogP contribution < -0.4 is 0 Å². The van der Waals surface area contributed by atoms with Gasteiger partial charge in [-0.15, -0.1) is 0 Å². The fourth-order valence-electron chi connectivity index (χ4n) is 6.00. The maximum Gasteiger partial charge on any atom is 0.146 e. The summed E-state index contributed by atoms with van der Waals surface area (Å²) in [6.07, 6.45) is 6.46. The molecule has 0 amide bonds. The Labute approximate surface area is 187 Å². The molecule has 1 aromatic carbocycles. The average Bonchev–Trinajstić information content (AvgIpc) is 2.71. The van der Waals surface area contributed by atoms with Gasteiger partial charge in [-0.3, -0.25) is 4.79 Å². The van der Waals surface area contributed by atoms with Gasteiger partial charge in [-0.25, -0.2) is 0 Å². The van der Waals surface area contributed by atoms with Crippen molar-refractivity contribution in [1.82, 2.24) is 0 Å². The Morgan fingerprint density at radius 3 is 2.57 bits per heavy atom. The predicted octanol–water partition coefficient (Wildman–Crippen LogP) is 5.20. The number of Topliss-reactive ketones (excluding diaryl/α,β-unsaturated/α-hetero) is 1. The maximum atomic E-state index is 12.6. The maximum absolute atomic E-state index is 12.6. The molecule has 0 aromatic heterocycles. The zero-order chi connectivity index (χ0) is 22.2. The minimum atomic E-state index is -0.241. The Morgan fingerprint density at radius 1 is 1.17 bits per heavy atom. The van der Waals surface area contributed by atoms with Crippen molar-refractivity contribution in [3.05, 3.63) is 35.4 Å². The normalized spacial score (nSPS) is 28.4. The highest BCUT2D eigenvalue weighted by molar-refractivity contribution is 5.98. The fourth-order valence-corrected chi connectivity index (χ4v) is 6.51. The fraction of sp³-hybridized carbons (Fsp3) is 0.667. The zero-order valence-corrected chi connectivity index (χ0v) is 22.1. The molecule has 3 rings (SSSR count). The molecule has 0 N–H and O–H groups in total. The number of rotatable bonds is 4. The van der Waals surface area contributed by atoms with Crippen LogP contribution in [0.4, 0.5) is 0 Å². The van der Waals surface area contributed by atoms with Crippen LogP contribution >= 0.6 is 0 Å². The molecule has 30 heavy (non-hydrogen) atoms. The van der Waals surface area contributed by atoms with E-state index in [1.54, 1.807) is 0 Å². The van der Waals surface area contributed by atoms with Crippen molar-refractivity contribution in [3.63, 3.8) is 0 Å². The standard InChI is InChI=1S/C27H40O2Si/c1-19(21-13-9-14-23-24(28)15-10-18-27(21,23)6)16-17-20-11-7-8-12-22(20)25(2,3)26(4,5)29-30/h7-8,11-12,19,21,23H,9-10,13-15,18H2,1-6,30H3/t19-,21-,23+,27-/m1/s1. The van der Waals surface area contributed by atoms with E-state index < -0.39 is 0 Å². The molecule has 0 aliphatic heterocycles. The molecule has 2 aliphatic carbocycles. The van der Waals surface area contributed by atoms with Crippen LogP contribution in [0, 0.1) is 35.0 Å². The quantitative estimate of drug-likeness (QED) is 0.490.